The van der Waals surface area contributed by atoms with Gasteiger partial charge in [0, 0.05) is 34.1 Å². The molecule has 5 nitrogen and oxygen atoms in total. The number of Topliss-reactive ketones (excluding diaryl/α,β-unsaturated/α-hetero) is 1. The fourth-order valence-electron chi connectivity index (χ4n) is 2.57. The molecule has 0 aliphatic rings. The maximum Gasteiger partial charge on any atom is 0.433 e. The second kappa shape index (κ2) is 8.80. The van der Waals surface area contributed by atoms with Crippen molar-refractivity contribution in [3.63, 3.8) is 0 Å². The van der Waals surface area contributed by atoms with Gasteiger partial charge in [-0.25, -0.2) is 14.4 Å². The van der Waals surface area contributed by atoms with Gasteiger partial charge in [-0.1, -0.05) is 6.07 Å². The first-order chi connectivity index (χ1) is 13.7. The standard InChI is InChI=1S/C19H13F4IN4O/c20-15-8-13(24)2-1-11(15)7-12-9-25-5-3-14(12)16(29)10-27-18-26-6-4-17(28-18)19(21,22)23/h1-6,8-9H,7,10H2,(H,26,27,28). The van der Waals surface area contributed by atoms with Gasteiger partial charge in [0.25, 0.3) is 0 Å². The van der Waals surface area contributed by atoms with Crippen molar-refractivity contribution in [3.8, 4) is 0 Å². The Morgan fingerprint density at radius 2 is 1.90 bits per heavy atom. The van der Waals surface area contributed by atoms with Gasteiger partial charge >= 0.3 is 6.18 Å². The first-order valence-corrected chi connectivity index (χ1v) is 9.36. The minimum Gasteiger partial charge on any atom is -0.347 e. The topological polar surface area (TPSA) is 67.8 Å². The molecule has 0 atom stereocenters. The van der Waals surface area contributed by atoms with Gasteiger partial charge in [0.05, 0.1) is 6.54 Å². The number of nitrogens with zero attached hydrogens (tertiary/aromatic N) is 3. The van der Waals surface area contributed by atoms with Gasteiger partial charge in [0.15, 0.2) is 5.78 Å². The summed E-state index contributed by atoms with van der Waals surface area (Å²) in [5.74, 6) is -1.11. The molecule has 0 spiro atoms. The molecule has 0 aliphatic carbocycles. The van der Waals surface area contributed by atoms with Crippen LogP contribution in [0.25, 0.3) is 0 Å². The second-order valence-electron chi connectivity index (χ2n) is 5.99. The van der Waals surface area contributed by atoms with E-state index in [2.05, 4.69) is 20.3 Å². The number of anilines is 1. The van der Waals surface area contributed by atoms with Crippen molar-refractivity contribution in [1.29, 1.82) is 0 Å². The number of pyridine rings is 1. The lowest BCUT2D eigenvalue weighted by Crippen LogP contribution is -2.19. The van der Waals surface area contributed by atoms with Crippen LogP contribution < -0.4 is 5.32 Å². The molecule has 0 radical (unpaired) electrons. The van der Waals surface area contributed by atoms with Crippen LogP contribution in [0.15, 0.2) is 48.9 Å². The third kappa shape index (κ3) is 5.46. The van der Waals surface area contributed by atoms with E-state index in [4.69, 9.17) is 0 Å². The van der Waals surface area contributed by atoms with Gasteiger partial charge < -0.3 is 5.32 Å². The average Bonchev–Trinajstić information content (AvgIpc) is 2.68. The van der Waals surface area contributed by atoms with Crippen molar-refractivity contribution < 1.29 is 22.4 Å². The van der Waals surface area contributed by atoms with Crippen LogP contribution in [0.3, 0.4) is 0 Å². The number of hydrogen-bond acceptors (Lipinski definition) is 5. The highest BCUT2D eigenvalue weighted by molar-refractivity contribution is 14.1. The monoisotopic (exact) mass is 516 g/mol. The van der Waals surface area contributed by atoms with Crippen molar-refractivity contribution in [2.45, 2.75) is 12.6 Å². The van der Waals surface area contributed by atoms with E-state index in [9.17, 15) is 22.4 Å². The van der Waals surface area contributed by atoms with E-state index in [1.807, 2.05) is 22.6 Å². The molecule has 0 fully saturated rings. The van der Waals surface area contributed by atoms with E-state index in [1.54, 1.807) is 12.1 Å². The molecular weight excluding hydrogens is 503 g/mol. The SMILES string of the molecule is O=C(CNc1nccc(C(F)(F)F)n1)c1ccncc1Cc1ccc(I)cc1F. The summed E-state index contributed by atoms with van der Waals surface area (Å²) in [6.45, 7) is -0.326. The number of nitrogens with one attached hydrogen (secondary N) is 1. The van der Waals surface area contributed by atoms with Crippen molar-refractivity contribution in [2.75, 3.05) is 11.9 Å². The molecule has 2 heterocycles. The summed E-state index contributed by atoms with van der Waals surface area (Å²) in [6.07, 6.45) is -0.621. The smallest absolute Gasteiger partial charge is 0.347 e. The van der Waals surface area contributed by atoms with E-state index in [0.29, 0.717) is 11.1 Å². The molecule has 3 rings (SSSR count). The quantitative estimate of drug-likeness (QED) is 0.297. The van der Waals surface area contributed by atoms with Crippen LogP contribution in [-0.2, 0) is 12.6 Å². The Morgan fingerprint density at radius 3 is 2.62 bits per heavy atom. The average molecular weight is 516 g/mol. The molecule has 0 unspecified atom stereocenters. The highest BCUT2D eigenvalue weighted by Crippen LogP contribution is 2.27. The first-order valence-electron chi connectivity index (χ1n) is 8.28. The van der Waals surface area contributed by atoms with E-state index < -0.39 is 23.5 Å². The Balaban J connectivity index is 1.75. The number of carbonyl (C=O) groups is 1. The molecule has 3 aromatic rings. The normalized spacial score (nSPS) is 11.3. The Hall–Kier alpha value is -2.63. The largest absolute Gasteiger partial charge is 0.433 e. The van der Waals surface area contributed by atoms with Crippen LogP contribution >= 0.6 is 22.6 Å². The Kier molecular flexibility index (Phi) is 6.40. The molecule has 1 aromatic carbocycles. The van der Waals surface area contributed by atoms with Crippen molar-refractivity contribution in [2.24, 2.45) is 0 Å². The number of carbonyl (C=O) groups excluding carboxylic acids is 1. The summed E-state index contributed by atoms with van der Waals surface area (Å²) in [4.78, 5) is 23.6. The van der Waals surface area contributed by atoms with E-state index in [1.165, 1.54) is 24.5 Å². The third-order valence-corrected chi connectivity index (χ3v) is 4.62. The molecule has 150 valence electrons. The zero-order chi connectivity index (χ0) is 21.0. The number of rotatable bonds is 6. The van der Waals surface area contributed by atoms with E-state index in [0.717, 1.165) is 15.8 Å². The summed E-state index contributed by atoms with van der Waals surface area (Å²) >= 11 is 2.00. The number of hydrogen-bond donors (Lipinski definition) is 1. The Bertz CT molecular complexity index is 1040. The molecule has 0 bridgehead atoms. The maximum absolute atomic E-state index is 14.1. The van der Waals surface area contributed by atoms with Crippen molar-refractivity contribution in [1.82, 2.24) is 15.0 Å². The fourth-order valence-corrected chi connectivity index (χ4v) is 3.02. The summed E-state index contributed by atoms with van der Waals surface area (Å²) < 4.78 is 53.1. The van der Waals surface area contributed by atoms with Crippen LogP contribution in [0.5, 0.6) is 0 Å². The molecule has 10 heteroatoms. The molecule has 0 aliphatic heterocycles. The number of aromatic nitrogens is 3. The summed E-state index contributed by atoms with van der Waals surface area (Å²) in [7, 11) is 0. The third-order valence-electron chi connectivity index (χ3n) is 3.95. The predicted octanol–water partition coefficient (Wildman–Crippen LogP) is 4.52. The molecule has 29 heavy (non-hydrogen) atoms. The molecule has 0 amide bonds. The lowest BCUT2D eigenvalue weighted by molar-refractivity contribution is -0.141. The van der Waals surface area contributed by atoms with Gasteiger partial charge in [0.1, 0.15) is 11.5 Å². The highest BCUT2D eigenvalue weighted by Gasteiger charge is 2.32. The number of halogens is 5. The van der Waals surface area contributed by atoms with Gasteiger partial charge in [-0.15, -0.1) is 0 Å². The fraction of sp³-hybridized carbons (Fsp3) is 0.158. The number of benzene rings is 1. The maximum atomic E-state index is 14.1. The molecule has 1 N–H and O–H groups in total. The number of ketones is 1. The van der Waals surface area contributed by atoms with Crippen molar-refractivity contribution in [3.05, 3.63) is 80.7 Å². The minimum absolute atomic E-state index is 0.151. The van der Waals surface area contributed by atoms with Gasteiger partial charge in [0.2, 0.25) is 5.95 Å². The van der Waals surface area contributed by atoms with Gasteiger partial charge in [-0.2, -0.15) is 13.2 Å². The molecular formula is C19H13F4IN4O. The van der Waals surface area contributed by atoms with Gasteiger partial charge in [-0.05, 0) is 58.0 Å². The zero-order valence-corrected chi connectivity index (χ0v) is 16.8. The zero-order valence-electron chi connectivity index (χ0n) is 14.7. The van der Waals surface area contributed by atoms with Gasteiger partial charge in [-0.3, -0.25) is 9.78 Å². The molecule has 0 saturated heterocycles. The van der Waals surface area contributed by atoms with Crippen molar-refractivity contribution >= 4 is 34.3 Å². The summed E-state index contributed by atoms with van der Waals surface area (Å²) in [5.41, 5.74) is 0.0877. The lowest BCUT2D eigenvalue weighted by Gasteiger charge is -2.11. The van der Waals surface area contributed by atoms with E-state index in [-0.39, 0.29) is 24.5 Å². The van der Waals surface area contributed by atoms with E-state index >= 15 is 0 Å². The molecule has 2 aromatic heterocycles. The van der Waals surface area contributed by atoms with Crippen LogP contribution in [0.4, 0.5) is 23.5 Å². The second-order valence-corrected chi connectivity index (χ2v) is 7.23. The Labute approximate surface area is 176 Å². The summed E-state index contributed by atoms with van der Waals surface area (Å²) in [5, 5.41) is 2.50. The predicted molar refractivity (Wildman–Crippen MR) is 106 cm³/mol. The number of alkyl halides is 3. The van der Waals surface area contributed by atoms with Crippen LogP contribution in [0, 0.1) is 9.39 Å². The lowest BCUT2D eigenvalue weighted by atomic mass is 9.99. The minimum atomic E-state index is -4.61. The summed E-state index contributed by atoms with van der Waals surface area (Å²) in [6, 6.07) is 7.00. The van der Waals surface area contributed by atoms with Crippen LogP contribution in [-0.4, -0.2) is 27.3 Å². The van der Waals surface area contributed by atoms with Crippen LogP contribution in [0.2, 0.25) is 0 Å². The van der Waals surface area contributed by atoms with Crippen LogP contribution in [0.1, 0.15) is 27.2 Å². The Morgan fingerprint density at radius 1 is 1.10 bits per heavy atom. The molecule has 0 saturated carbocycles. The first kappa shape index (κ1) is 21.1. The highest BCUT2D eigenvalue weighted by atomic mass is 127.